The number of nitro benzene ring substituents is 1. The number of benzene rings is 3. The van der Waals surface area contributed by atoms with Gasteiger partial charge < -0.3 is 0 Å². The van der Waals surface area contributed by atoms with Crippen LogP contribution in [0.1, 0.15) is 18.1 Å². The maximum absolute atomic E-state index is 12.5. The van der Waals surface area contributed by atoms with Crippen LogP contribution < -0.4 is 5.43 Å². The highest BCUT2D eigenvalue weighted by molar-refractivity contribution is 7.99. The summed E-state index contributed by atoms with van der Waals surface area (Å²) in [5.41, 5.74) is 6.42. The molecule has 0 saturated carbocycles. The quantitative estimate of drug-likeness (QED) is 0.166. The summed E-state index contributed by atoms with van der Waals surface area (Å²) >= 11 is 1.24. The molecule has 1 aromatic heterocycles. The Morgan fingerprint density at radius 1 is 1.06 bits per heavy atom. The van der Waals surface area contributed by atoms with Crippen molar-refractivity contribution in [3.8, 4) is 17.1 Å². The molecule has 0 aliphatic carbocycles. The first-order valence-corrected chi connectivity index (χ1v) is 11.7. The van der Waals surface area contributed by atoms with Crippen molar-refractivity contribution in [2.24, 2.45) is 5.10 Å². The number of thioether (sulfide) groups is 1. The number of rotatable bonds is 8. The molecule has 0 aliphatic rings. The van der Waals surface area contributed by atoms with Crippen LogP contribution in [0.4, 0.5) is 5.69 Å². The van der Waals surface area contributed by atoms with Crippen molar-refractivity contribution in [2.45, 2.75) is 19.0 Å². The van der Waals surface area contributed by atoms with Crippen LogP contribution in [0.15, 0.2) is 89.1 Å². The smallest absolute Gasteiger partial charge is 0.270 e. The van der Waals surface area contributed by atoms with Crippen molar-refractivity contribution in [1.82, 2.24) is 20.2 Å². The highest BCUT2D eigenvalue weighted by Gasteiger charge is 2.17. The third-order valence-electron chi connectivity index (χ3n) is 5.11. The van der Waals surface area contributed by atoms with Gasteiger partial charge in [0.05, 0.1) is 16.4 Å². The Morgan fingerprint density at radius 3 is 2.51 bits per heavy atom. The number of aryl methyl sites for hydroxylation is 1. The summed E-state index contributed by atoms with van der Waals surface area (Å²) in [7, 11) is 0. The zero-order valence-corrected chi connectivity index (χ0v) is 19.9. The molecule has 4 aromatic rings. The van der Waals surface area contributed by atoms with Gasteiger partial charge in [-0.2, -0.15) is 5.10 Å². The Balaban J connectivity index is 1.50. The van der Waals surface area contributed by atoms with Gasteiger partial charge in [0, 0.05) is 28.9 Å². The lowest BCUT2D eigenvalue weighted by atomic mass is 10.1. The minimum atomic E-state index is -0.472. The average Bonchev–Trinajstić information content (AvgIpc) is 3.31. The average molecular weight is 487 g/mol. The highest BCUT2D eigenvalue weighted by atomic mass is 32.2. The maximum Gasteiger partial charge on any atom is 0.270 e. The molecule has 1 heterocycles. The van der Waals surface area contributed by atoms with E-state index in [1.165, 1.54) is 23.9 Å². The minimum absolute atomic E-state index is 0.0383. The van der Waals surface area contributed by atoms with E-state index in [2.05, 4.69) is 20.7 Å². The van der Waals surface area contributed by atoms with Gasteiger partial charge in [0.1, 0.15) is 0 Å². The summed E-state index contributed by atoms with van der Waals surface area (Å²) in [6.45, 7) is 3.69. The van der Waals surface area contributed by atoms with Crippen LogP contribution in [-0.2, 0) is 4.79 Å². The summed E-state index contributed by atoms with van der Waals surface area (Å²) in [6, 6.07) is 23.8. The second-order valence-corrected chi connectivity index (χ2v) is 8.61. The van der Waals surface area contributed by atoms with E-state index in [4.69, 9.17) is 0 Å². The number of carbonyl (C=O) groups is 1. The Labute approximate surface area is 206 Å². The molecular weight excluding hydrogens is 464 g/mol. The van der Waals surface area contributed by atoms with Gasteiger partial charge in [0.25, 0.3) is 11.6 Å². The summed E-state index contributed by atoms with van der Waals surface area (Å²) in [4.78, 5) is 23.0. The van der Waals surface area contributed by atoms with Crippen molar-refractivity contribution in [3.63, 3.8) is 0 Å². The molecule has 9 nitrogen and oxygen atoms in total. The molecule has 0 saturated heterocycles. The maximum atomic E-state index is 12.5. The van der Waals surface area contributed by atoms with Crippen molar-refractivity contribution in [1.29, 1.82) is 0 Å². The molecular formula is C25H22N6O3S. The molecule has 176 valence electrons. The molecule has 0 unspecified atom stereocenters. The summed E-state index contributed by atoms with van der Waals surface area (Å²) in [5, 5.41) is 24.3. The Kier molecular flexibility index (Phi) is 7.32. The SMILES string of the molecule is C/C(=N/NC(=O)CSc1nnc(-c2ccccc2)n1-c1ccc(C)cc1)c1cccc([N+](=O)[O-])c1. The monoisotopic (exact) mass is 486 g/mol. The standard InChI is InChI=1S/C25H22N6O3S/c1-17-11-13-21(14-12-17)30-24(19-7-4-3-5-8-19)28-29-25(30)35-16-23(32)27-26-18(2)20-9-6-10-22(15-20)31(33)34/h3-15H,16H2,1-2H3,(H,27,32)/b26-18-. The first-order chi connectivity index (χ1) is 16.9. The Bertz CT molecular complexity index is 1380. The molecule has 0 spiro atoms. The second kappa shape index (κ2) is 10.7. The van der Waals surface area contributed by atoms with E-state index in [1.54, 1.807) is 19.1 Å². The normalized spacial score (nSPS) is 11.3. The molecule has 4 rings (SSSR count). The summed E-state index contributed by atoms with van der Waals surface area (Å²) in [6.07, 6.45) is 0. The number of hydrogen-bond donors (Lipinski definition) is 1. The van der Waals surface area contributed by atoms with Crippen molar-refractivity contribution in [2.75, 3.05) is 5.75 Å². The number of non-ortho nitro benzene ring substituents is 1. The summed E-state index contributed by atoms with van der Waals surface area (Å²) < 4.78 is 1.92. The molecule has 1 N–H and O–H groups in total. The zero-order valence-electron chi connectivity index (χ0n) is 19.1. The van der Waals surface area contributed by atoms with Crippen LogP contribution in [0, 0.1) is 17.0 Å². The first-order valence-electron chi connectivity index (χ1n) is 10.7. The number of nitro groups is 1. The predicted molar refractivity (Wildman–Crippen MR) is 136 cm³/mol. The third kappa shape index (κ3) is 5.79. The van der Waals surface area contributed by atoms with E-state index >= 15 is 0 Å². The molecule has 3 aromatic carbocycles. The van der Waals surface area contributed by atoms with E-state index in [9.17, 15) is 14.9 Å². The number of hydrazone groups is 1. The van der Waals surface area contributed by atoms with Gasteiger partial charge in [-0.3, -0.25) is 19.5 Å². The van der Waals surface area contributed by atoms with Crippen LogP contribution >= 0.6 is 11.8 Å². The number of hydrogen-bond acceptors (Lipinski definition) is 7. The van der Waals surface area contributed by atoms with E-state index in [0.29, 0.717) is 22.3 Å². The van der Waals surface area contributed by atoms with Crippen molar-refractivity contribution in [3.05, 3.63) is 100 Å². The van der Waals surface area contributed by atoms with Crippen molar-refractivity contribution < 1.29 is 9.72 Å². The molecule has 1 amide bonds. The highest BCUT2D eigenvalue weighted by Crippen LogP contribution is 2.28. The lowest BCUT2D eigenvalue weighted by Crippen LogP contribution is -2.21. The fourth-order valence-corrected chi connectivity index (χ4v) is 4.03. The van der Waals surface area contributed by atoms with Gasteiger partial charge in [-0.15, -0.1) is 10.2 Å². The van der Waals surface area contributed by atoms with Crippen LogP contribution in [-0.4, -0.2) is 37.1 Å². The van der Waals surface area contributed by atoms with Crippen LogP contribution in [0.5, 0.6) is 0 Å². The number of carbonyl (C=O) groups excluding carboxylic acids is 1. The largest absolute Gasteiger partial charge is 0.272 e. The molecule has 0 radical (unpaired) electrons. The van der Waals surface area contributed by atoms with Crippen molar-refractivity contribution >= 4 is 29.1 Å². The van der Waals surface area contributed by atoms with Crippen LogP contribution in [0.25, 0.3) is 17.1 Å². The Morgan fingerprint density at radius 2 is 1.80 bits per heavy atom. The summed E-state index contributed by atoms with van der Waals surface area (Å²) in [5.74, 6) is 0.404. The number of nitrogens with zero attached hydrogens (tertiary/aromatic N) is 5. The van der Waals surface area contributed by atoms with Crippen LogP contribution in [0.3, 0.4) is 0 Å². The number of amides is 1. The second-order valence-electron chi connectivity index (χ2n) is 7.67. The third-order valence-corrected chi connectivity index (χ3v) is 6.04. The predicted octanol–water partition coefficient (Wildman–Crippen LogP) is 4.78. The lowest BCUT2D eigenvalue weighted by Gasteiger charge is -2.10. The molecule has 0 fully saturated rings. The topological polar surface area (TPSA) is 115 Å². The van der Waals surface area contributed by atoms with Gasteiger partial charge in [0.2, 0.25) is 0 Å². The molecule has 35 heavy (non-hydrogen) atoms. The minimum Gasteiger partial charge on any atom is -0.272 e. The van der Waals surface area contributed by atoms with E-state index in [1.807, 2.05) is 66.1 Å². The van der Waals surface area contributed by atoms with Gasteiger partial charge in [-0.25, -0.2) is 5.43 Å². The molecule has 0 atom stereocenters. The van der Waals surface area contributed by atoms with E-state index in [0.717, 1.165) is 16.8 Å². The zero-order chi connectivity index (χ0) is 24.8. The number of nitrogens with one attached hydrogen (secondary N) is 1. The number of aromatic nitrogens is 3. The Hall–Kier alpha value is -4.31. The first kappa shape index (κ1) is 23.8. The fraction of sp³-hybridized carbons (Fsp3) is 0.120. The molecule has 10 heteroatoms. The van der Waals surface area contributed by atoms with Gasteiger partial charge in [-0.1, -0.05) is 71.9 Å². The van der Waals surface area contributed by atoms with E-state index in [-0.39, 0.29) is 17.3 Å². The van der Waals surface area contributed by atoms with Gasteiger partial charge in [0.15, 0.2) is 11.0 Å². The molecule has 0 aliphatic heterocycles. The fourth-order valence-electron chi connectivity index (χ4n) is 3.28. The van der Waals surface area contributed by atoms with Gasteiger partial charge in [-0.05, 0) is 26.0 Å². The van der Waals surface area contributed by atoms with E-state index < -0.39 is 4.92 Å². The van der Waals surface area contributed by atoms with Crippen LogP contribution in [0.2, 0.25) is 0 Å². The van der Waals surface area contributed by atoms with Gasteiger partial charge >= 0.3 is 0 Å². The molecule has 0 bridgehead atoms. The lowest BCUT2D eigenvalue weighted by molar-refractivity contribution is -0.384.